The van der Waals surface area contributed by atoms with Gasteiger partial charge in [-0.15, -0.1) is 0 Å². The van der Waals surface area contributed by atoms with Crippen LogP contribution in [0.15, 0.2) is 73.3 Å². The van der Waals surface area contributed by atoms with Crippen LogP contribution in [-0.4, -0.2) is 25.5 Å². The van der Waals surface area contributed by atoms with Gasteiger partial charge in [0, 0.05) is 35.9 Å². The standard InChI is InChI=1S/C19H15N5O2/c25-19(22-15-6-2-1-3-7-15)16-12-21-24-10-8-17(23-18(16)24)26-13-14-5-4-9-20-11-14/h1-12H,13H2,(H,22,25). The average molecular weight is 345 g/mol. The summed E-state index contributed by atoms with van der Waals surface area (Å²) in [5.41, 5.74) is 2.45. The summed E-state index contributed by atoms with van der Waals surface area (Å²) in [5.74, 6) is 0.138. The van der Waals surface area contributed by atoms with E-state index in [9.17, 15) is 4.79 Å². The Morgan fingerprint density at radius 1 is 1.08 bits per heavy atom. The second kappa shape index (κ2) is 7.02. The van der Waals surface area contributed by atoms with Crippen LogP contribution in [0.2, 0.25) is 0 Å². The lowest BCUT2D eigenvalue weighted by atomic mass is 10.2. The van der Waals surface area contributed by atoms with Gasteiger partial charge in [0.15, 0.2) is 5.65 Å². The lowest BCUT2D eigenvalue weighted by Gasteiger charge is -2.06. The SMILES string of the molecule is O=C(Nc1ccccc1)c1cnn2ccc(OCc3cccnc3)nc12. The van der Waals surface area contributed by atoms with Crippen LogP contribution < -0.4 is 10.1 Å². The van der Waals surface area contributed by atoms with Gasteiger partial charge in [-0.1, -0.05) is 24.3 Å². The first kappa shape index (κ1) is 15.8. The molecule has 0 radical (unpaired) electrons. The lowest BCUT2D eigenvalue weighted by Crippen LogP contribution is -2.12. The third-order valence-corrected chi connectivity index (χ3v) is 3.73. The number of nitrogens with zero attached hydrogens (tertiary/aromatic N) is 4. The molecule has 4 rings (SSSR count). The second-order valence-corrected chi connectivity index (χ2v) is 5.56. The number of rotatable bonds is 5. The van der Waals surface area contributed by atoms with E-state index in [-0.39, 0.29) is 5.91 Å². The first-order chi connectivity index (χ1) is 12.8. The van der Waals surface area contributed by atoms with Crippen molar-refractivity contribution in [3.05, 3.63) is 84.4 Å². The molecule has 7 heteroatoms. The zero-order valence-corrected chi connectivity index (χ0v) is 13.7. The number of nitrogens with one attached hydrogen (secondary N) is 1. The van der Waals surface area contributed by atoms with Crippen molar-refractivity contribution < 1.29 is 9.53 Å². The van der Waals surface area contributed by atoms with Gasteiger partial charge >= 0.3 is 0 Å². The van der Waals surface area contributed by atoms with E-state index in [4.69, 9.17) is 4.74 Å². The third-order valence-electron chi connectivity index (χ3n) is 3.73. The van der Waals surface area contributed by atoms with Gasteiger partial charge < -0.3 is 10.1 Å². The molecule has 0 atom stereocenters. The van der Waals surface area contributed by atoms with Gasteiger partial charge in [0.2, 0.25) is 5.88 Å². The van der Waals surface area contributed by atoms with Crippen molar-refractivity contribution in [2.75, 3.05) is 5.32 Å². The number of carbonyl (C=O) groups is 1. The molecule has 7 nitrogen and oxygen atoms in total. The number of anilines is 1. The zero-order valence-electron chi connectivity index (χ0n) is 13.7. The molecule has 4 aromatic rings. The van der Waals surface area contributed by atoms with Gasteiger partial charge in [-0.05, 0) is 18.2 Å². The Kier molecular flexibility index (Phi) is 4.26. The zero-order chi connectivity index (χ0) is 17.8. The number of hydrogen-bond donors (Lipinski definition) is 1. The van der Waals surface area contributed by atoms with Crippen molar-refractivity contribution in [3.8, 4) is 5.88 Å². The average Bonchev–Trinajstić information content (AvgIpc) is 3.11. The van der Waals surface area contributed by atoms with Gasteiger partial charge in [-0.25, -0.2) is 4.52 Å². The van der Waals surface area contributed by atoms with Gasteiger partial charge in [0.1, 0.15) is 12.2 Å². The molecule has 0 aliphatic heterocycles. The first-order valence-electron chi connectivity index (χ1n) is 8.02. The highest BCUT2D eigenvalue weighted by molar-refractivity contribution is 6.08. The van der Waals surface area contributed by atoms with Crippen LogP contribution in [0.3, 0.4) is 0 Å². The highest BCUT2D eigenvalue weighted by Crippen LogP contribution is 2.16. The van der Waals surface area contributed by atoms with Crippen LogP contribution in [0.1, 0.15) is 15.9 Å². The van der Waals surface area contributed by atoms with Crippen LogP contribution in [0, 0.1) is 0 Å². The van der Waals surface area contributed by atoms with Crippen LogP contribution >= 0.6 is 0 Å². The number of benzene rings is 1. The minimum absolute atomic E-state index is 0.275. The third kappa shape index (κ3) is 3.36. The van der Waals surface area contributed by atoms with E-state index < -0.39 is 0 Å². The first-order valence-corrected chi connectivity index (χ1v) is 8.02. The van der Waals surface area contributed by atoms with Crippen LogP contribution in [0.5, 0.6) is 5.88 Å². The summed E-state index contributed by atoms with van der Waals surface area (Å²) in [7, 11) is 0. The maximum atomic E-state index is 12.5. The van der Waals surface area contributed by atoms with Gasteiger partial charge in [0.05, 0.1) is 6.20 Å². The normalized spacial score (nSPS) is 10.6. The maximum absolute atomic E-state index is 12.5. The number of ether oxygens (including phenoxy) is 1. The van der Waals surface area contributed by atoms with Gasteiger partial charge in [-0.3, -0.25) is 9.78 Å². The summed E-state index contributed by atoms with van der Waals surface area (Å²) in [6.45, 7) is 0.344. The van der Waals surface area contributed by atoms with Crippen molar-refractivity contribution in [1.82, 2.24) is 19.6 Å². The number of hydrogen-bond acceptors (Lipinski definition) is 5. The smallest absolute Gasteiger partial charge is 0.261 e. The molecule has 1 amide bonds. The second-order valence-electron chi connectivity index (χ2n) is 5.56. The molecule has 0 bridgehead atoms. The quantitative estimate of drug-likeness (QED) is 0.601. The number of fused-ring (bicyclic) bond motifs is 1. The molecule has 128 valence electrons. The minimum atomic E-state index is -0.275. The number of carbonyl (C=O) groups excluding carboxylic acids is 1. The minimum Gasteiger partial charge on any atom is -0.473 e. The predicted octanol–water partition coefficient (Wildman–Crippen LogP) is 2.96. The summed E-state index contributed by atoms with van der Waals surface area (Å²) in [6.07, 6.45) is 6.64. The Morgan fingerprint density at radius 2 is 1.96 bits per heavy atom. The van der Waals surface area contributed by atoms with Crippen molar-refractivity contribution >= 4 is 17.2 Å². The Balaban J connectivity index is 1.55. The monoisotopic (exact) mass is 345 g/mol. The van der Waals surface area contributed by atoms with Crippen molar-refractivity contribution in [1.29, 1.82) is 0 Å². The van der Waals surface area contributed by atoms with E-state index in [2.05, 4.69) is 20.4 Å². The summed E-state index contributed by atoms with van der Waals surface area (Å²) in [4.78, 5) is 21.0. The molecule has 1 N–H and O–H groups in total. The highest BCUT2D eigenvalue weighted by Gasteiger charge is 2.15. The summed E-state index contributed by atoms with van der Waals surface area (Å²) >= 11 is 0. The number of para-hydroxylation sites is 1. The van der Waals surface area contributed by atoms with Crippen LogP contribution in [-0.2, 0) is 6.61 Å². The van der Waals surface area contributed by atoms with E-state index in [0.717, 1.165) is 5.56 Å². The van der Waals surface area contributed by atoms with E-state index in [1.54, 1.807) is 24.7 Å². The Morgan fingerprint density at radius 3 is 2.77 bits per heavy atom. The molecule has 0 spiro atoms. The molecule has 0 saturated heterocycles. The Hall–Kier alpha value is -3.74. The molecule has 1 aromatic carbocycles. The molecular weight excluding hydrogens is 330 g/mol. The van der Waals surface area contributed by atoms with Gasteiger partial charge in [0.25, 0.3) is 5.91 Å². The fourth-order valence-corrected chi connectivity index (χ4v) is 2.45. The van der Waals surface area contributed by atoms with Gasteiger partial charge in [-0.2, -0.15) is 10.1 Å². The summed E-state index contributed by atoms with van der Waals surface area (Å²) < 4.78 is 7.24. The topological polar surface area (TPSA) is 81.4 Å². The summed E-state index contributed by atoms with van der Waals surface area (Å²) in [5, 5.41) is 7.00. The fourth-order valence-electron chi connectivity index (χ4n) is 2.45. The maximum Gasteiger partial charge on any atom is 0.261 e. The van der Waals surface area contributed by atoms with E-state index >= 15 is 0 Å². The van der Waals surface area contributed by atoms with E-state index in [0.29, 0.717) is 29.4 Å². The number of pyridine rings is 1. The molecule has 0 unspecified atom stereocenters. The molecule has 0 aliphatic carbocycles. The Labute approximate surface area is 149 Å². The molecular formula is C19H15N5O2. The highest BCUT2D eigenvalue weighted by atomic mass is 16.5. The van der Waals surface area contributed by atoms with E-state index in [1.807, 2.05) is 42.5 Å². The summed E-state index contributed by atoms with van der Waals surface area (Å²) in [6, 6.07) is 14.7. The molecule has 3 heterocycles. The van der Waals surface area contributed by atoms with Crippen LogP contribution in [0.4, 0.5) is 5.69 Å². The molecule has 0 saturated carbocycles. The molecule has 0 aliphatic rings. The lowest BCUT2D eigenvalue weighted by molar-refractivity contribution is 0.102. The molecule has 26 heavy (non-hydrogen) atoms. The molecule has 3 aromatic heterocycles. The van der Waals surface area contributed by atoms with Crippen molar-refractivity contribution in [3.63, 3.8) is 0 Å². The largest absolute Gasteiger partial charge is 0.473 e. The Bertz CT molecular complexity index is 1030. The van der Waals surface area contributed by atoms with Crippen LogP contribution in [0.25, 0.3) is 5.65 Å². The van der Waals surface area contributed by atoms with Crippen molar-refractivity contribution in [2.24, 2.45) is 0 Å². The number of aromatic nitrogens is 4. The van der Waals surface area contributed by atoms with E-state index in [1.165, 1.54) is 10.7 Å². The van der Waals surface area contributed by atoms with Crippen molar-refractivity contribution in [2.45, 2.75) is 6.61 Å². The predicted molar refractivity (Wildman–Crippen MR) is 96.0 cm³/mol. The number of amides is 1. The fraction of sp³-hybridized carbons (Fsp3) is 0.0526. The molecule has 0 fully saturated rings.